The van der Waals surface area contributed by atoms with Crippen LogP contribution in [0.15, 0.2) is 18.3 Å². The highest BCUT2D eigenvalue weighted by atomic mass is 16.7. The lowest BCUT2D eigenvalue weighted by Crippen LogP contribution is -2.27. The first-order chi connectivity index (χ1) is 15.2. The van der Waals surface area contributed by atoms with Crippen LogP contribution in [0.4, 0.5) is 22.4 Å². The van der Waals surface area contributed by atoms with Gasteiger partial charge < -0.3 is 24.8 Å². The first kappa shape index (κ1) is 23.2. The molecule has 3 rings (SSSR count). The van der Waals surface area contributed by atoms with E-state index >= 15 is 0 Å². The van der Waals surface area contributed by atoms with Gasteiger partial charge in [-0.1, -0.05) is 0 Å². The van der Waals surface area contributed by atoms with Crippen LogP contribution in [0, 0.1) is 6.92 Å². The maximum Gasteiger partial charge on any atom is 0.512 e. The summed E-state index contributed by atoms with van der Waals surface area (Å²) in [5.41, 5.74) is 1.81. The second-order valence-electron chi connectivity index (χ2n) is 7.93. The summed E-state index contributed by atoms with van der Waals surface area (Å²) in [5, 5.41) is 16.8. The summed E-state index contributed by atoms with van der Waals surface area (Å²) in [5.74, 6) is 1.32. The number of nitrogens with zero attached hydrogens (tertiary/aromatic N) is 6. The molecule has 0 atom stereocenters. The van der Waals surface area contributed by atoms with Crippen LogP contribution in [0.5, 0.6) is 5.88 Å². The van der Waals surface area contributed by atoms with E-state index < -0.39 is 6.16 Å². The third kappa shape index (κ3) is 5.41. The van der Waals surface area contributed by atoms with E-state index in [4.69, 9.17) is 14.5 Å². The number of hydrogen-bond donors (Lipinski definition) is 2. The van der Waals surface area contributed by atoms with Crippen molar-refractivity contribution in [2.75, 3.05) is 23.9 Å². The van der Waals surface area contributed by atoms with Gasteiger partial charge in [-0.05, 0) is 52.3 Å². The molecular formula is C21H29N7O4. The molecule has 0 fully saturated rings. The van der Waals surface area contributed by atoms with Crippen LogP contribution in [-0.4, -0.2) is 61.8 Å². The van der Waals surface area contributed by atoms with Crippen LogP contribution in [0.3, 0.4) is 0 Å². The van der Waals surface area contributed by atoms with Crippen molar-refractivity contribution in [1.29, 1.82) is 0 Å². The summed E-state index contributed by atoms with van der Waals surface area (Å²) in [7, 11) is 1.86. The molecule has 0 aliphatic carbocycles. The highest BCUT2D eigenvalue weighted by Crippen LogP contribution is 2.32. The summed E-state index contributed by atoms with van der Waals surface area (Å²) in [6.45, 7) is 10.6. The molecule has 0 bridgehead atoms. The lowest BCUT2D eigenvalue weighted by molar-refractivity contribution is 0.0714. The number of pyridine rings is 1. The fourth-order valence-electron chi connectivity index (χ4n) is 2.93. The molecule has 0 aliphatic heterocycles. The van der Waals surface area contributed by atoms with Gasteiger partial charge in [0.25, 0.3) is 5.88 Å². The molecule has 172 valence electrons. The molecule has 0 unspecified atom stereocenters. The number of hydrogen-bond acceptors (Lipinski definition) is 9. The van der Waals surface area contributed by atoms with E-state index in [0.717, 1.165) is 5.56 Å². The molecule has 11 nitrogen and oxygen atoms in total. The Morgan fingerprint density at radius 1 is 1.28 bits per heavy atom. The predicted molar refractivity (Wildman–Crippen MR) is 121 cm³/mol. The molecule has 0 spiro atoms. The first-order valence-corrected chi connectivity index (χ1v) is 10.4. The minimum Gasteiger partial charge on any atom is -0.449 e. The second-order valence-corrected chi connectivity index (χ2v) is 7.93. The average molecular weight is 444 g/mol. The van der Waals surface area contributed by atoms with Crippen molar-refractivity contribution < 1.29 is 19.4 Å². The summed E-state index contributed by atoms with van der Waals surface area (Å²) < 4.78 is 12.2. The highest BCUT2D eigenvalue weighted by molar-refractivity contribution is 5.92. The van der Waals surface area contributed by atoms with Crippen LogP contribution in [0.1, 0.15) is 33.3 Å². The van der Waals surface area contributed by atoms with E-state index in [9.17, 15) is 9.90 Å². The molecule has 0 radical (unpaired) electrons. The van der Waals surface area contributed by atoms with Gasteiger partial charge in [-0.15, -0.1) is 5.10 Å². The Morgan fingerprint density at radius 2 is 2.03 bits per heavy atom. The molecule has 3 aromatic heterocycles. The van der Waals surface area contributed by atoms with Crippen molar-refractivity contribution in [2.45, 2.75) is 53.3 Å². The van der Waals surface area contributed by atoms with Gasteiger partial charge in [0.05, 0.1) is 19.3 Å². The zero-order valence-corrected chi connectivity index (χ0v) is 19.2. The summed E-state index contributed by atoms with van der Waals surface area (Å²) >= 11 is 0. The van der Waals surface area contributed by atoms with Crippen molar-refractivity contribution >= 4 is 34.8 Å². The second kappa shape index (κ2) is 9.77. The molecule has 2 N–H and O–H groups in total. The van der Waals surface area contributed by atoms with Gasteiger partial charge in [0, 0.05) is 19.3 Å². The standard InChI is InChI=1S/C21H29N7O4/c1-12(2)27(6)20-24-16-17(18(25-20)23-15-11-14(5)7-8-22-15)28(9-10-31-13(3)4)26-19(16)32-21(29)30/h7-8,11-13H,9-10H2,1-6H3,(H,29,30)(H,22,23,24,25). The highest BCUT2D eigenvalue weighted by Gasteiger charge is 2.23. The Kier molecular flexibility index (Phi) is 7.08. The van der Waals surface area contributed by atoms with E-state index in [-0.39, 0.29) is 23.5 Å². The SMILES string of the molecule is Cc1ccnc(Nc2nc(N(C)C(C)C)nc3c(OC(=O)O)nn(CCOC(C)C)c23)c1. The number of ether oxygens (including phenoxy) is 2. The van der Waals surface area contributed by atoms with E-state index in [1.54, 1.807) is 10.9 Å². The van der Waals surface area contributed by atoms with E-state index in [1.165, 1.54) is 0 Å². The van der Waals surface area contributed by atoms with Crippen molar-refractivity contribution in [2.24, 2.45) is 0 Å². The van der Waals surface area contributed by atoms with Crippen LogP contribution in [0.2, 0.25) is 0 Å². The Labute approximate surface area is 186 Å². The number of carboxylic acid groups (broad SMARTS) is 1. The van der Waals surface area contributed by atoms with Gasteiger partial charge in [-0.3, -0.25) is 4.68 Å². The van der Waals surface area contributed by atoms with Crippen molar-refractivity contribution in [3.63, 3.8) is 0 Å². The van der Waals surface area contributed by atoms with Gasteiger partial charge in [0.2, 0.25) is 5.95 Å². The number of carbonyl (C=O) groups is 1. The molecular weight excluding hydrogens is 414 g/mol. The maximum atomic E-state index is 11.3. The van der Waals surface area contributed by atoms with Crippen LogP contribution in [-0.2, 0) is 11.3 Å². The lowest BCUT2D eigenvalue weighted by atomic mass is 10.3. The number of anilines is 3. The van der Waals surface area contributed by atoms with Crippen LogP contribution >= 0.6 is 0 Å². The van der Waals surface area contributed by atoms with Crippen molar-refractivity contribution in [3.05, 3.63) is 23.9 Å². The van der Waals surface area contributed by atoms with Gasteiger partial charge in [-0.2, -0.15) is 4.98 Å². The van der Waals surface area contributed by atoms with Gasteiger partial charge in [0.15, 0.2) is 11.3 Å². The van der Waals surface area contributed by atoms with E-state index in [0.29, 0.717) is 36.3 Å². The average Bonchev–Trinajstić information content (AvgIpc) is 3.04. The van der Waals surface area contributed by atoms with Gasteiger partial charge in [-0.25, -0.2) is 14.8 Å². The third-order valence-corrected chi connectivity index (χ3v) is 4.73. The van der Waals surface area contributed by atoms with Crippen LogP contribution in [0.25, 0.3) is 11.0 Å². The molecule has 0 amide bonds. The smallest absolute Gasteiger partial charge is 0.449 e. The molecule has 0 aromatic carbocycles. The largest absolute Gasteiger partial charge is 0.512 e. The zero-order valence-electron chi connectivity index (χ0n) is 19.2. The number of nitrogens with one attached hydrogen (secondary N) is 1. The van der Waals surface area contributed by atoms with E-state index in [2.05, 4.69) is 20.4 Å². The number of fused-ring (bicyclic) bond motifs is 1. The Bertz CT molecular complexity index is 1100. The van der Waals surface area contributed by atoms with Crippen LogP contribution < -0.4 is 15.0 Å². The van der Waals surface area contributed by atoms with Crippen molar-refractivity contribution in [3.8, 4) is 5.88 Å². The summed E-state index contributed by atoms with van der Waals surface area (Å²) in [6.07, 6.45) is 0.273. The third-order valence-electron chi connectivity index (χ3n) is 4.73. The lowest BCUT2D eigenvalue weighted by Gasteiger charge is -2.22. The molecule has 0 saturated heterocycles. The minimum absolute atomic E-state index is 0.0446. The predicted octanol–water partition coefficient (Wildman–Crippen LogP) is 3.60. The molecule has 11 heteroatoms. The Hall–Kier alpha value is -3.47. The number of rotatable bonds is 9. The molecule has 0 saturated carbocycles. The molecule has 3 heterocycles. The fraction of sp³-hybridized carbons (Fsp3) is 0.476. The Balaban J connectivity index is 2.18. The zero-order chi connectivity index (χ0) is 23.4. The molecule has 3 aromatic rings. The normalized spacial score (nSPS) is 11.4. The number of aromatic nitrogens is 5. The summed E-state index contributed by atoms with van der Waals surface area (Å²) in [6, 6.07) is 3.89. The maximum absolute atomic E-state index is 11.3. The summed E-state index contributed by atoms with van der Waals surface area (Å²) in [4.78, 5) is 26.8. The fourth-order valence-corrected chi connectivity index (χ4v) is 2.93. The van der Waals surface area contributed by atoms with Crippen molar-refractivity contribution in [1.82, 2.24) is 24.7 Å². The molecule has 0 aliphatic rings. The first-order valence-electron chi connectivity index (χ1n) is 10.4. The van der Waals surface area contributed by atoms with E-state index in [1.807, 2.05) is 58.7 Å². The number of aryl methyl sites for hydroxylation is 1. The van der Waals surface area contributed by atoms with Gasteiger partial charge >= 0.3 is 6.16 Å². The monoisotopic (exact) mass is 443 g/mol. The Morgan fingerprint density at radius 3 is 2.66 bits per heavy atom. The molecule has 32 heavy (non-hydrogen) atoms. The minimum atomic E-state index is -1.47. The quantitative estimate of drug-likeness (QED) is 0.473. The topological polar surface area (TPSA) is 128 Å². The van der Waals surface area contributed by atoms with Gasteiger partial charge in [0.1, 0.15) is 11.3 Å².